The summed E-state index contributed by atoms with van der Waals surface area (Å²) in [4.78, 5) is 8.64. The van der Waals surface area contributed by atoms with Gasteiger partial charge in [-0.05, 0) is 72.9 Å². The van der Waals surface area contributed by atoms with Gasteiger partial charge < -0.3 is 0 Å². The summed E-state index contributed by atoms with van der Waals surface area (Å²) in [6.45, 7) is 1.88. The molecule has 0 aliphatic carbocycles. The fourth-order valence-corrected chi connectivity index (χ4v) is 2.31. The van der Waals surface area contributed by atoms with Crippen LogP contribution in [0, 0.1) is 6.92 Å². The maximum absolute atomic E-state index is 6.02. The third kappa shape index (κ3) is 2.89. The van der Waals surface area contributed by atoms with Crippen molar-refractivity contribution in [1.29, 1.82) is 0 Å². The number of benzene rings is 1. The largest absolute Gasteiger partial charge is 0.232 e. The van der Waals surface area contributed by atoms with Crippen LogP contribution >= 0.6 is 59.4 Å². The molecule has 0 unspecified atom stereocenters. The van der Waals surface area contributed by atoms with Gasteiger partial charge in [-0.15, -0.1) is 0 Å². The number of nitrogens with zero attached hydrogens (tertiary/aromatic N) is 2. The molecule has 1 heterocycles. The lowest BCUT2D eigenvalue weighted by atomic mass is 10.2. The summed E-state index contributed by atoms with van der Waals surface area (Å²) >= 11 is 16.2. The monoisotopic (exact) mass is 438 g/mol. The van der Waals surface area contributed by atoms with Crippen LogP contribution in [0.5, 0.6) is 0 Å². The van der Waals surface area contributed by atoms with Gasteiger partial charge >= 0.3 is 0 Å². The van der Waals surface area contributed by atoms with Gasteiger partial charge in [0.05, 0.1) is 10.2 Å². The van der Waals surface area contributed by atoms with E-state index >= 15 is 0 Å². The minimum absolute atomic E-state index is 0.423. The lowest BCUT2D eigenvalue weighted by Gasteiger charge is -2.06. The van der Waals surface area contributed by atoms with Crippen LogP contribution in [0.3, 0.4) is 0 Å². The van der Waals surface area contributed by atoms with Gasteiger partial charge in [0.25, 0.3) is 0 Å². The Labute approximate surface area is 129 Å². The van der Waals surface area contributed by atoms with Crippen LogP contribution in [0.25, 0.3) is 11.4 Å². The van der Waals surface area contributed by atoms with Gasteiger partial charge in [-0.25, -0.2) is 9.97 Å². The molecule has 2 nitrogen and oxygen atoms in total. The molecule has 2 rings (SSSR count). The van der Waals surface area contributed by atoms with Crippen molar-refractivity contribution in [3.8, 4) is 11.4 Å². The van der Waals surface area contributed by atoms with Crippen molar-refractivity contribution in [3.63, 3.8) is 0 Å². The van der Waals surface area contributed by atoms with E-state index in [1.165, 1.54) is 0 Å². The normalized spacial score (nSPS) is 10.6. The lowest BCUT2D eigenvalue weighted by Crippen LogP contribution is -1.94. The molecule has 1 aromatic carbocycles. The molecular formula is C11H6Br3ClN2. The minimum atomic E-state index is 0.423. The summed E-state index contributed by atoms with van der Waals surface area (Å²) in [7, 11) is 0. The molecule has 1 aromatic heterocycles. The van der Waals surface area contributed by atoms with Crippen molar-refractivity contribution in [2.75, 3.05) is 0 Å². The zero-order chi connectivity index (χ0) is 12.6. The fourth-order valence-electron chi connectivity index (χ4n) is 1.29. The first-order valence-corrected chi connectivity index (χ1v) is 7.40. The number of halogens is 4. The fraction of sp³-hybridized carbons (Fsp3) is 0.0909. The van der Waals surface area contributed by atoms with E-state index < -0.39 is 0 Å². The number of aromatic nitrogens is 2. The van der Waals surface area contributed by atoms with E-state index in [0.29, 0.717) is 11.0 Å². The Balaban J connectivity index is 2.57. The van der Waals surface area contributed by atoms with Crippen LogP contribution in [-0.2, 0) is 0 Å². The number of hydrogen-bond acceptors (Lipinski definition) is 2. The Kier molecular flexibility index (Phi) is 4.23. The topological polar surface area (TPSA) is 25.8 Å². The predicted molar refractivity (Wildman–Crippen MR) is 80.3 cm³/mol. The van der Waals surface area contributed by atoms with E-state index in [1.54, 1.807) is 0 Å². The maximum Gasteiger partial charge on any atom is 0.161 e. The van der Waals surface area contributed by atoms with Crippen LogP contribution in [0.1, 0.15) is 5.69 Å². The second-order valence-corrected chi connectivity index (χ2v) is 6.23. The molecule has 0 atom stereocenters. The predicted octanol–water partition coefficient (Wildman–Crippen LogP) is 5.39. The average Bonchev–Trinajstić information content (AvgIpc) is 2.29. The smallest absolute Gasteiger partial charge is 0.161 e. The van der Waals surface area contributed by atoms with E-state index in [4.69, 9.17) is 11.6 Å². The highest BCUT2D eigenvalue weighted by molar-refractivity contribution is 9.13. The molecule has 0 radical (unpaired) electrons. The Morgan fingerprint density at radius 2 is 1.76 bits per heavy atom. The van der Waals surface area contributed by atoms with Crippen LogP contribution in [0.4, 0.5) is 0 Å². The van der Waals surface area contributed by atoms with Gasteiger partial charge in [-0.2, -0.15) is 0 Å². The molecule has 0 saturated heterocycles. The van der Waals surface area contributed by atoms with Crippen molar-refractivity contribution in [2.24, 2.45) is 0 Å². The van der Waals surface area contributed by atoms with Crippen molar-refractivity contribution >= 4 is 59.4 Å². The van der Waals surface area contributed by atoms with Crippen LogP contribution < -0.4 is 0 Å². The summed E-state index contributed by atoms with van der Waals surface area (Å²) in [5.74, 6) is 0.615. The van der Waals surface area contributed by atoms with Gasteiger partial charge in [-0.3, -0.25) is 0 Å². The highest BCUT2D eigenvalue weighted by Crippen LogP contribution is 2.30. The van der Waals surface area contributed by atoms with Crippen LogP contribution in [-0.4, -0.2) is 9.97 Å². The lowest BCUT2D eigenvalue weighted by molar-refractivity contribution is 1.09. The first-order valence-electron chi connectivity index (χ1n) is 4.64. The summed E-state index contributed by atoms with van der Waals surface area (Å²) in [5, 5.41) is 0.423. The Morgan fingerprint density at radius 3 is 2.35 bits per heavy atom. The summed E-state index contributed by atoms with van der Waals surface area (Å²) in [6, 6.07) is 5.82. The summed E-state index contributed by atoms with van der Waals surface area (Å²) in [5.41, 5.74) is 1.73. The second kappa shape index (κ2) is 5.34. The standard InChI is InChI=1S/C11H6Br3ClN2/c1-5-9(14)10(15)17-11(16-5)6-2-3-7(12)8(13)4-6/h2-4H,1H3. The number of rotatable bonds is 1. The Bertz CT molecular complexity index is 564. The summed E-state index contributed by atoms with van der Waals surface area (Å²) in [6.07, 6.45) is 0. The zero-order valence-electron chi connectivity index (χ0n) is 8.64. The van der Waals surface area contributed by atoms with Gasteiger partial charge in [0.15, 0.2) is 5.82 Å². The zero-order valence-corrected chi connectivity index (χ0v) is 14.2. The minimum Gasteiger partial charge on any atom is -0.232 e. The van der Waals surface area contributed by atoms with Gasteiger partial charge in [-0.1, -0.05) is 11.6 Å². The number of aryl methyl sites for hydroxylation is 1. The van der Waals surface area contributed by atoms with E-state index in [9.17, 15) is 0 Å². The molecule has 0 N–H and O–H groups in total. The van der Waals surface area contributed by atoms with Crippen LogP contribution in [0.15, 0.2) is 31.6 Å². The molecule has 0 spiro atoms. The van der Waals surface area contributed by atoms with E-state index in [2.05, 4.69) is 57.8 Å². The summed E-state index contributed by atoms with van der Waals surface area (Å²) < 4.78 is 2.68. The quantitative estimate of drug-likeness (QED) is 0.555. The van der Waals surface area contributed by atoms with Crippen LogP contribution in [0.2, 0.25) is 5.15 Å². The van der Waals surface area contributed by atoms with Crippen molar-refractivity contribution in [1.82, 2.24) is 9.97 Å². The molecule has 6 heteroatoms. The molecule has 0 saturated carbocycles. The van der Waals surface area contributed by atoms with Crippen molar-refractivity contribution < 1.29 is 0 Å². The van der Waals surface area contributed by atoms with Gasteiger partial charge in [0, 0.05) is 14.5 Å². The molecule has 0 aliphatic rings. The third-order valence-electron chi connectivity index (χ3n) is 2.15. The van der Waals surface area contributed by atoms with Gasteiger partial charge in [0.2, 0.25) is 0 Å². The first kappa shape index (κ1) is 13.5. The molecule has 0 fully saturated rings. The number of hydrogen-bond donors (Lipinski definition) is 0. The molecule has 0 bridgehead atoms. The van der Waals surface area contributed by atoms with Gasteiger partial charge in [0.1, 0.15) is 5.15 Å². The molecule has 0 amide bonds. The van der Waals surface area contributed by atoms with Crippen molar-refractivity contribution in [2.45, 2.75) is 6.92 Å². The molecular weight excluding hydrogens is 435 g/mol. The molecule has 17 heavy (non-hydrogen) atoms. The highest BCUT2D eigenvalue weighted by Gasteiger charge is 2.10. The molecule has 88 valence electrons. The Morgan fingerprint density at radius 1 is 1.06 bits per heavy atom. The van der Waals surface area contributed by atoms with Crippen molar-refractivity contribution in [3.05, 3.63) is 42.5 Å². The SMILES string of the molecule is Cc1nc(-c2ccc(Br)c(Br)c2)nc(Cl)c1Br. The third-order valence-corrected chi connectivity index (χ3v) is 5.49. The first-order chi connectivity index (χ1) is 7.99. The van der Waals surface area contributed by atoms with E-state index in [0.717, 1.165) is 24.7 Å². The second-order valence-electron chi connectivity index (χ2n) is 3.37. The molecule has 0 aliphatic heterocycles. The maximum atomic E-state index is 6.02. The average molecular weight is 441 g/mol. The molecule has 2 aromatic rings. The highest BCUT2D eigenvalue weighted by atomic mass is 79.9. The van der Waals surface area contributed by atoms with E-state index in [-0.39, 0.29) is 0 Å². The van der Waals surface area contributed by atoms with E-state index in [1.807, 2.05) is 25.1 Å². The Hall–Kier alpha value is 0.0300.